The van der Waals surface area contributed by atoms with Gasteiger partial charge in [0, 0.05) is 5.69 Å². The Bertz CT molecular complexity index is 622. The highest BCUT2D eigenvalue weighted by Gasteiger charge is 2.41. The summed E-state index contributed by atoms with van der Waals surface area (Å²) in [6.07, 6.45) is 3.74. The number of hydroxylamine groups is 1. The van der Waals surface area contributed by atoms with E-state index in [1.165, 1.54) is 0 Å². The van der Waals surface area contributed by atoms with Crippen molar-refractivity contribution in [2.45, 2.75) is 37.8 Å². The monoisotopic (exact) mass is 310 g/mol. The third kappa shape index (κ3) is 3.90. The first-order chi connectivity index (χ1) is 11.3. The first-order valence-corrected chi connectivity index (χ1v) is 8.08. The van der Waals surface area contributed by atoms with Gasteiger partial charge in [-0.05, 0) is 30.5 Å². The van der Waals surface area contributed by atoms with Crippen LogP contribution < -0.4 is 10.8 Å². The Balaban J connectivity index is 1.60. The molecule has 23 heavy (non-hydrogen) atoms. The summed E-state index contributed by atoms with van der Waals surface area (Å²) in [5.74, 6) is -0.0882. The van der Waals surface area contributed by atoms with Crippen LogP contribution in [-0.2, 0) is 16.2 Å². The van der Waals surface area contributed by atoms with Crippen LogP contribution in [0.2, 0.25) is 0 Å². The van der Waals surface area contributed by atoms with E-state index < -0.39 is 5.54 Å². The van der Waals surface area contributed by atoms with Crippen LogP contribution in [0, 0.1) is 0 Å². The summed E-state index contributed by atoms with van der Waals surface area (Å²) >= 11 is 0. The summed E-state index contributed by atoms with van der Waals surface area (Å²) in [5, 5.41) is 3.41. The van der Waals surface area contributed by atoms with E-state index in [1.54, 1.807) is 0 Å². The molecule has 0 heterocycles. The second-order valence-corrected chi connectivity index (χ2v) is 5.99. The van der Waals surface area contributed by atoms with E-state index >= 15 is 0 Å². The molecule has 0 radical (unpaired) electrons. The molecule has 0 saturated heterocycles. The van der Waals surface area contributed by atoms with E-state index in [0.717, 1.165) is 36.9 Å². The highest BCUT2D eigenvalue weighted by atomic mass is 16.7. The van der Waals surface area contributed by atoms with Gasteiger partial charge in [-0.15, -0.1) is 0 Å². The minimum Gasteiger partial charge on any atom is -0.371 e. The Labute approximate surface area is 136 Å². The molecular weight excluding hydrogens is 288 g/mol. The number of hydrogen-bond acceptors (Lipinski definition) is 3. The summed E-state index contributed by atoms with van der Waals surface area (Å²) in [6.45, 7) is 0.369. The van der Waals surface area contributed by atoms with E-state index in [4.69, 9.17) is 4.84 Å². The van der Waals surface area contributed by atoms with Gasteiger partial charge >= 0.3 is 0 Å². The van der Waals surface area contributed by atoms with Crippen LogP contribution in [0.3, 0.4) is 0 Å². The molecular formula is C19H22N2O2. The number of anilines is 1. The summed E-state index contributed by atoms with van der Waals surface area (Å²) in [4.78, 5) is 18.1. The van der Waals surface area contributed by atoms with E-state index in [2.05, 4.69) is 10.8 Å². The Kier molecular flexibility index (Phi) is 4.93. The average Bonchev–Trinajstić information content (AvgIpc) is 3.06. The number of nitrogens with one attached hydrogen (secondary N) is 2. The number of para-hydroxylation sites is 1. The van der Waals surface area contributed by atoms with Crippen molar-refractivity contribution in [3.05, 3.63) is 66.2 Å². The Morgan fingerprint density at radius 1 is 0.957 bits per heavy atom. The molecule has 4 heteroatoms. The van der Waals surface area contributed by atoms with Crippen molar-refractivity contribution in [1.82, 2.24) is 5.48 Å². The van der Waals surface area contributed by atoms with Gasteiger partial charge in [0.25, 0.3) is 5.91 Å². The molecule has 0 spiro atoms. The fourth-order valence-electron chi connectivity index (χ4n) is 3.04. The largest absolute Gasteiger partial charge is 0.371 e. The zero-order chi connectivity index (χ0) is 16.0. The van der Waals surface area contributed by atoms with Crippen LogP contribution in [0.4, 0.5) is 5.69 Å². The molecule has 0 aliphatic heterocycles. The lowest BCUT2D eigenvalue weighted by Gasteiger charge is -2.29. The van der Waals surface area contributed by atoms with Crippen molar-refractivity contribution in [3.63, 3.8) is 0 Å². The lowest BCUT2D eigenvalue weighted by atomic mass is 9.96. The highest BCUT2D eigenvalue weighted by Crippen LogP contribution is 2.33. The number of benzene rings is 2. The SMILES string of the molecule is O=C(NOCc1ccccc1)C1(Nc2ccccc2)CCCC1. The first-order valence-electron chi connectivity index (χ1n) is 8.08. The molecule has 2 aromatic carbocycles. The molecule has 3 rings (SSSR count). The van der Waals surface area contributed by atoms with Crippen LogP contribution in [0.1, 0.15) is 31.2 Å². The van der Waals surface area contributed by atoms with E-state index in [9.17, 15) is 4.79 Å². The molecule has 120 valence electrons. The van der Waals surface area contributed by atoms with Crippen molar-refractivity contribution >= 4 is 11.6 Å². The van der Waals surface area contributed by atoms with Crippen LogP contribution >= 0.6 is 0 Å². The van der Waals surface area contributed by atoms with Crippen molar-refractivity contribution in [1.29, 1.82) is 0 Å². The van der Waals surface area contributed by atoms with E-state index in [0.29, 0.717) is 6.61 Å². The minimum atomic E-state index is -0.571. The van der Waals surface area contributed by atoms with Gasteiger partial charge in [-0.1, -0.05) is 61.4 Å². The van der Waals surface area contributed by atoms with Crippen LogP contribution in [-0.4, -0.2) is 11.4 Å². The van der Waals surface area contributed by atoms with E-state index in [1.807, 2.05) is 60.7 Å². The van der Waals surface area contributed by atoms with Crippen molar-refractivity contribution in [2.75, 3.05) is 5.32 Å². The highest BCUT2D eigenvalue weighted by molar-refractivity contribution is 5.89. The van der Waals surface area contributed by atoms with Gasteiger partial charge in [0.2, 0.25) is 0 Å². The molecule has 2 aromatic rings. The summed E-state index contributed by atoms with van der Waals surface area (Å²) in [6, 6.07) is 19.7. The van der Waals surface area contributed by atoms with E-state index in [-0.39, 0.29) is 5.91 Å². The number of carbonyl (C=O) groups excluding carboxylic acids is 1. The maximum Gasteiger partial charge on any atom is 0.269 e. The molecule has 0 unspecified atom stereocenters. The second-order valence-electron chi connectivity index (χ2n) is 5.99. The van der Waals surface area contributed by atoms with Gasteiger partial charge in [-0.2, -0.15) is 0 Å². The molecule has 2 N–H and O–H groups in total. The summed E-state index contributed by atoms with van der Waals surface area (Å²) in [7, 11) is 0. The van der Waals surface area contributed by atoms with Gasteiger partial charge in [0.05, 0.1) is 6.61 Å². The third-order valence-corrected chi connectivity index (χ3v) is 4.30. The second kappa shape index (κ2) is 7.29. The molecule has 1 fully saturated rings. The number of rotatable bonds is 6. The average molecular weight is 310 g/mol. The molecule has 0 atom stereocenters. The van der Waals surface area contributed by atoms with Crippen molar-refractivity contribution in [3.8, 4) is 0 Å². The Morgan fingerprint density at radius 3 is 2.22 bits per heavy atom. The molecule has 4 nitrogen and oxygen atoms in total. The van der Waals surface area contributed by atoms with Gasteiger partial charge in [0.1, 0.15) is 5.54 Å². The standard InChI is InChI=1S/C19H22N2O2/c22-18(21-23-15-16-9-3-1-4-10-16)19(13-7-8-14-19)20-17-11-5-2-6-12-17/h1-6,9-12,20H,7-8,13-15H2,(H,21,22). The fourth-order valence-corrected chi connectivity index (χ4v) is 3.04. The predicted molar refractivity (Wildman–Crippen MR) is 90.6 cm³/mol. The lowest BCUT2D eigenvalue weighted by Crippen LogP contribution is -2.50. The quantitative estimate of drug-likeness (QED) is 0.801. The topological polar surface area (TPSA) is 50.4 Å². The molecule has 1 aliphatic carbocycles. The zero-order valence-corrected chi connectivity index (χ0v) is 13.1. The number of carbonyl (C=O) groups is 1. The van der Waals surface area contributed by atoms with Gasteiger partial charge in [-0.3, -0.25) is 9.63 Å². The number of hydrogen-bond donors (Lipinski definition) is 2. The van der Waals surface area contributed by atoms with Gasteiger partial charge in [-0.25, -0.2) is 5.48 Å². The summed E-state index contributed by atoms with van der Waals surface area (Å²) < 4.78 is 0. The molecule has 1 amide bonds. The minimum absolute atomic E-state index is 0.0882. The lowest BCUT2D eigenvalue weighted by molar-refractivity contribution is -0.139. The smallest absolute Gasteiger partial charge is 0.269 e. The van der Waals surface area contributed by atoms with Crippen LogP contribution in [0.25, 0.3) is 0 Å². The zero-order valence-electron chi connectivity index (χ0n) is 13.1. The normalized spacial score (nSPS) is 16.0. The van der Waals surface area contributed by atoms with Crippen molar-refractivity contribution < 1.29 is 9.63 Å². The number of amides is 1. The molecule has 1 saturated carbocycles. The Morgan fingerprint density at radius 2 is 1.57 bits per heavy atom. The maximum absolute atomic E-state index is 12.7. The van der Waals surface area contributed by atoms with Gasteiger partial charge in [0.15, 0.2) is 0 Å². The van der Waals surface area contributed by atoms with Crippen LogP contribution in [0.15, 0.2) is 60.7 Å². The van der Waals surface area contributed by atoms with Crippen LogP contribution in [0.5, 0.6) is 0 Å². The molecule has 0 aromatic heterocycles. The maximum atomic E-state index is 12.7. The Hall–Kier alpha value is -2.33. The first kappa shape index (κ1) is 15.6. The third-order valence-electron chi connectivity index (χ3n) is 4.30. The van der Waals surface area contributed by atoms with Gasteiger partial charge < -0.3 is 5.32 Å². The molecule has 1 aliphatic rings. The van der Waals surface area contributed by atoms with Crippen molar-refractivity contribution in [2.24, 2.45) is 0 Å². The molecule has 0 bridgehead atoms. The predicted octanol–water partition coefficient (Wildman–Crippen LogP) is 3.66. The fraction of sp³-hybridized carbons (Fsp3) is 0.316. The summed E-state index contributed by atoms with van der Waals surface area (Å²) in [5.41, 5.74) is 4.06.